The number of aromatic nitrogens is 2. The van der Waals surface area contributed by atoms with Crippen molar-refractivity contribution in [2.75, 3.05) is 0 Å². The average molecular weight is 232 g/mol. The Bertz CT molecular complexity index is 646. The molecule has 0 radical (unpaired) electrons. The zero-order valence-corrected chi connectivity index (χ0v) is 9.54. The van der Waals surface area contributed by atoms with Crippen molar-refractivity contribution in [3.63, 3.8) is 0 Å². The van der Waals surface area contributed by atoms with E-state index in [2.05, 4.69) is 5.10 Å². The summed E-state index contributed by atoms with van der Waals surface area (Å²) in [6, 6.07) is 6.08. The van der Waals surface area contributed by atoms with Gasteiger partial charge in [-0.1, -0.05) is 18.2 Å². The molecular weight excluding hydrogens is 220 g/mol. The van der Waals surface area contributed by atoms with Crippen LogP contribution >= 0.6 is 0 Å². The van der Waals surface area contributed by atoms with Crippen molar-refractivity contribution in [1.82, 2.24) is 9.78 Å². The molecule has 0 bridgehead atoms. The highest BCUT2D eigenvalue weighted by Crippen LogP contribution is 2.13. The molecule has 5 nitrogen and oxygen atoms in total. The number of aryl methyl sites for hydroxylation is 1. The number of benzene rings is 1. The molecule has 2 aromatic rings. The predicted molar refractivity (Wildman–Crippen MR) is 63.1 cm³/mol. The minimum atomic E-state index is -1.07. The highest BCUT2D eigenvalue weighted by molar-refractivity contribution is 5.83. The molecule has 88 valence electrons. The van der Waals surface area contributed by atoms with Crippen LogP contribution in [0.2, 0.25) is 0 Å². The Morgan fingerprint density at radius 1 is 1.35 bits per heavy atom. The van der Waals surface area contributed by atoms with E-state index in [4.69, 9.17) is 5.11 Å². The number of rotatable bonds is 2. The summed E-state index contributed by atoms with van der Waals surface area (Å²) >= 11 is 0. The maximum Gasteiger partial charge on any atom is 0.328 e. The van der Waals surface area contributed by atoms with Gasteiger partial charge in [0.2, 0.25) is 0 Å². The fraction of sp³-hybridized carbons (Fsp3) is 0.250. The fourth-order valence-corrected chi connectivity index (χ4v) is 1.74. The number of aliphatic carboxylic acids is 1. The van der Waals surface area contributed by atoms with Crippen molar-refractivity contribution in [3.05, 3.63) is 40.3 Å². The van der Waals surface area contributed by atoms with Crippen molar-refractivity contribution < 1.29 is 9.90 Å². The van der Waals surface area contributed by atoms with E-state index in [1.165, 1.54) is 6.92 Å². The van der Waals surface area contributed by atoms with Crippen molar-refractivity contribution in [2.45, 2.75) is 19.9 Å². The standard InChI is InChI=1S/C12H12N2O3/c1-7-9-5-3-4-6-10(9)11(15)14(13-7)8(2)12(16)17/h3-6,8H,1-2H3,(H,16,17)/t8-/m1/s1. The van der Waals surface area contributed by atoms with Gasteiger partial charge in [0.25, 0.3) is 5.56 Å². The number of hydrogen-bond acceptors (Lipinski definition) is 3. The number of hydrogen-bond donors (Lipinski definition) is 1. The molecule has 0 spiro atoms. The summed E-state index contributed by atoms with van der Waals surface area (Å²) in [4.78, 5) is 23.0. The van der Waals surface area contributed by atoms with Crippen LogP contribution in [0.3, 0.4) is 0 Å². The van der Waals surface area contributed by atoms with E-state index in [1.54, 1.807) is 25.1 Å². The minimum absolute atomic E-state index is 0.374. The van der Waals surface area contributed by atoms with Crippen LogP contribution < -0.4 is 5.56 Å². The molecule has 1 heterocycles. The lowest BCUT2D eigenvalue weighted by atomic mass is 10.1. The zero-order valence-electron chi connectivity index (χ0n) is 9.54. The Balaban J connectivity index is 2.80. The van der Waals surface area contributed by atoms with Gasteiger partial charge < -0.3 is 5.11 Å². The second-order valence-electron chi connectivity index (χ2n) is 3.89. The van der Waals surface area contributed by atoms with Gasteiger partial charge in [-0.25, -0.2) is 9.48 Å². The molecule has 0 aliphatic carbocycles. The monoisotopic (exact) mass is 232 g/mol. The first kappa shape index (κ1) is 11.3. The molecule has 0 saturated carbocycles. The Hall–Kier alpha value is -2.17. The van der Waals surface area contributed by atoms with E-state index >= 15 is 0 Å². The molecule has 0 unspecified atom stereocenters. The summed E-state index contributed by atoms with van der Waals surface area (Å²) in [5.41, 5.74) is 0.273. The van der Waals surface area contributed by atoms with Crippen molar-refractivity contribution in [3.8, 4) is 0 Å². The Kier molecular flexibility index (Phi) is 2.67. The molecule has 1 N–H and O–H groups in total. The third kappa shape index (κ3) is 1.80. The summed E-state index contributed by atoms with van der Waals surface area (Å²) < 4.78 is 1.01. The van der Waals surface area contributed by atoms with Crippen molar-refractivity contribution >= 4 is 16.7 Å². The summed E-state index contributed by atoms with van der Waals surface area (Å²) in [5, 5.41) is 14.2. The van der Waals surface area contributed by atoms with Crippen LogP contribution in [0.4, 0.5) is 0 Å². The van der Waals surface area contributed by atoms with Gasteiger partial charge in [0.1, 0.15) is 0 Å². The van der Waals surface area contributed by atoms with Crippen LogP contribution in [0.1, 0.15) is 18.7 Å². The zero-order chi connectivity index (χ0) is 12.6. The summed E-state index contributed by atoms with van der Waals surface area (Å²) in [7, 11) is 0. The topological polar surface area (TPSA) is 72.2 Å². The lowest BCUT2D eigenvalue weighted by Crippen LogP contribution is -2.31. The summed E-state index contributed by atoms with van der Waals surface area (Å²) in [5.74, 6) is -1.07. The summed E-state index contributed by atoms with van der Waals surface area (Å²) in [6.07, 6.45) is 0. The second-order valence-corrected chi connectivity index (χ2v) is 3.89. The Morgan fingerprint density at radius 2 is 1.94 bits per heavy atom. The number of carbonyl (C=O) groups is 1. The number of fused-ring (bicyclic) bond motifs is 1. The van der Waals surface area contributed by atoms with Crippen LogP contribution in [-0.2, 0) is 4.79 Å². The van der Waals surface area contributed by atoms with E-state index < -0.39 is 12.0 Å². The van der Waals surface area contributed by atoms with Crippen LogP contribution in [0.15, 0.2) is 29.1 Å². The third-order valence-electron chi connectivity index (χ3n) is 2.74. The molecule has 0 aliphatic heterocycles. The molecule has 2 rings (SSSR count). The number of carboxylic acids is 1. The first-order chi connectivity index (χ1) is 8.02. The van der Waals surface area contributed by atoms with Crippen molar-refractivity contribution in [1.29, 1.82) is 0 Å². The lowest BCUT2D eigenvalue weighted by molar-refractivity contribution is -0.140. The number of nitrogens with zero attached hydrogens (tertiary/aromatic N) is 2. The summed E-state index contributed by atoms with van der Waals surface area (Å²) in [6.45, 7) is 3.19. The molecule has 0 saturated heterocycles. The molecule has 1 atom stereocenters. The molecule has 5 heteroatoms. The van der Waals surface area contributed by atoms with Gasteiger partial charge in [0, 0.05) is 5.39 Å². The second kappa shape index (κ2) is 4.01. The Labute approximate surface area is 97.3 Å². The van der Waals surface area contributed by atoms with E-state index in [-0.39, 0.29) is 5.56 Å². The van der Waals surface area contributed by atoms with E-state index in [1.807, 2.05) is 6.07 Å². The van der Waals surface area contributed by atoms with Crippen molar-refractivity contribution in [2.24, 2.45) is 0 Å². The fourth-order valence-electron chi connectivity index (χ4n) is 1.74. The number of carboxylic acid groups (broad SMARTS) is 1. The van der Waals surface area contributed by atoms with Crippen LogP contribution in [0.25, 0.3) is 10.8 Å². The lowest BCUT2D eigenvalue weighted by Gasteiger charge is -2.11. The van der Waals surface area contributed by atoms with Gasteiger partial charge in [-0.05, 0) is 19.9 Å². The Morgan fingerprint density at radius 3 is 2.53 bits per heavy atom. The van der Waals surface area contributed by atoms with Gasteiger partial charge in [-0.15, -0.1) is 0 Å². The molecule has 0 fully saturated rings. The van der Waals surface area contributed by atoms with E-state index in [9.17, 15) is 9.59 Å². The maximum absolute atomic E-state index is 12.1. The van der Waals surface area contributed by atoms with Gasteiger partial charge >= 0.3 is 5.97 Å². The van der Waals surface area contributed by atoms with Gasteiger partial charge in [-0.2, -0.15) is 5.10 Å². The first-order valence-corrected chi connectivity index (χ1v) is 5.23. The van der Waals surface area contributed by atoms with Crippen LogP contribution in [-0.4, -0.2) is 20.9 Å². The molecule has 0 aliphatic rings. The molecule has 1 aromatic carbocycles. The van der Waals surface area contributed by atoms with E-state index in [0.29, 0.717) is 11.1 Å². The smallest absolute Gasteiger partial charge is 0.328 e. The van der Waals surface area contributed by atoms with Gasteiger partial charge in [0.15, 0.2) is 6.04 Å². The van der Waals surface area contributed by atoms with E-state index in [0.717, 1.165) is 10.1 Å². The molecule has 17 heavy (non-hydrogen) atoms. The first-order valence-electron chi connectivity index (χ1n) is 5.23. The highest BCUT2D eigenvalue weighted by atomic mass is 16.4. The van der Waals surface area contributed by atoms with Crippen LogP contribution in [0, 0.1) is 6.92 Å². The minimum Gasteiger partial charge on any atom is -0.480 e. The molecular formula is C12H12N2O3. The molecule has 1 aromatic heterocycles. The van der Waals surface area contributed by atoms with Gasteiger partial charge in [-0.3, -0.25) is 4.79 Å². The SMILES string of the molecule is Cc1nn([C@H](C)C(=O)O)c(=O)c2ccccc12. The average Bonchev–Trinajstić information content (AvgIpc) is 2.33. The molecule has 0 amide bonds. The quantitative estimate of drug-likeness (QED) is 0.848. The highest BCUT2D eigenvalue weighted by Gasteiger charge is 2.18. The normalized spacial score (nSPS) is 12.6. The van der Waals surface area contributed by atoms with Gasteiger partial charge in [0.05, 0.1) is 11.1 Å². The largest absolute Gasteiger partial charge is 0.480 e. The third-order valence-corrected chi connectivity index (χ3v) is 2.74. The van der Waals surface area contributed by atoms with Crippen LogP contribution in [0.5, 0.6) is 0 Å². The predicted octanol–water partition coefficient (Wildman–Crippen LogP) is 1.35. The maximum atomic E-state index is 12.1.